The average Bonchev–Trinajstić information content (AvgIpc) is 3.37. The molecule has 0 fully saturated rings. The Morgan fingerprint density at radius 1 is 0.489 bits per heavy atom. The van der Waals surface area contributed by atoms with Crippen LogP contribution in [-0.4, -0.2) is 22.6 Å². The lowest BCUT2D eigenvalue weighted by atomic mass is 9.67. The van der Waals surface area contributed by atoms with Crippen LogP contribution in [0.1, 0.15) is 33.4 Å². The lowest BCUT2D eigenvalue weighted by Gasteiger charge is -2.34. The topological polar surface area (TPSA) is 65.2 Å². The fourth-order valence-corrected chi connectivity index (χ4v) is 6.92. The van der Waals surface area contributed by atoms with Gasteiger partial charge in [-0.2, -0.15) is 0 Å². The highest BCUT2D eigenvalue weighted by Gasteiger charge is 2.45. The van der Waals surface area contributed by atoms with E-state index in [1.165, 1.54) is 22.3 Å². The van der Waals surface area contributed by atoms with Crippen molar-refractivity contribution in [1.82, 2.24) is 0 Å². The van der Waals surface area contributed by atoms with Crippen molar-refractivity contribution in [2.45, 2.75) is 5.41 Å². The monoisotopic (exact) mass is 712 g/mol. The summed E-state index contributed by atoms with van der Waals surface area (Å²) >= 11 is 6.92. The first kappa shape index (κ1) is 29.0. The number of phenolic OH excluding ortho intramolecular Hbond substituents is 2. The first-order valence-corrected chi connectivity index (χ1v) is 16.0. The Morgan fingerprint density at radius 3 is 1.31 bits per heavy atom. The molecule has 0 unspecified atom stereocenters. The molecule has 0 atom stereocenters. The van der Waals surface area contributed by atoms with Crippen LogP contribution >= 0.6 is 31.9 Å². The van der Waals surface area contributed by atoms with Gasteiger partial charge < -0.3 is 10.2 Å². The molecule has 4 nitrogen and oxygen atoms in total. The summed E-state index contributed by atoms with van der Waals surface area (Å²) < 4.78 is 1.75. The third-order valence-corrected chi connectivity index (χ3v) is 9.22. The third kappa shape index (κ3) is 5.30. The number of aromatic hydroxyl groups is 2. The number of halogens is 2. The van der Waals surface area contributed by atoms with Crippen molar-refractivity contribution < 1.29 is 10.2 Å². The van der Waals surface area contributed by atoms with Gasteiger partial charge in [0, 0.05) is 32.5 Å². The highest BCUT2D eigenvalue weighted by Crippen LogP contribution is 2.56. The lowest BCUT2D eigenvalue weighted by Crippen LogP contribution is -2.28. The van der Waals surface area contributed by atoms with E-state index in [9.17, 15) is 10.2 Å². The molecule has 0 spiro atoms. The van der Waals surface area contributed by atoms with Crippen molar-refractivity contribution in [1.29, 1.82) is 0 Å². The zero-order chi connectivity index (χ0) is 31.0. The number of rotatable bonds is 6. The van der Waals surface area contributed by atoms with Crippen LogP contribution in [0.25, 0.3) is 11.1 Å². The molecule has 0 heterocycles. The summed E-state index contributed by atoms with van der Waals surface area (Å²) in [6, 6.07) is 44.5. The van der Waals surface area contributed by atoms with E-state index in [1.54, 1.807) is 36.7 Å². The summed E-state index contributed by atoms with van der Waals surface area (Å²) in [5.74, 6) is 0.357. The number of benzene rings is 6. The summed E-state index contributed by atoms with van der Waals surface area (Å²) in [7, 11) is 0. The highest BCUT2D eigenvalue weighted by atomic mass is 79.9. The molecule has 7 rings (SSSR count). The molecule has 6 aromatic rings. The predicted molar refractivity (Wildman–Crippen MR) is 190 cm³/mol. The van der Waals surface area contributed by atoms with E-state index < -0.39 is 5.41 Å². The van der Waals surface area contributed by atoms with Crippen LogP contribution in [0.4, 0.5) is 11.4 Å². The van der Waals surface area contributed by atoms with Crippen LogP contribution in [0.3, 0.4) is 0 Å². The van der Waals surface area contributed by atoms with Gasteiger partial charge in [0.05, 0.1) is 16.8 Å². The van der Waals surface area contributed by atoms with Crippen LogP contribution in [0, 0.1) is 0 Å². The molecule has 0 bridgehead atoms. The second-order valence-electron chi connectivity index (χ2n) is 10.9. The van der Waals surface area contributed by atoms with E-state index in [-0.39, 0.29) is 11.5 Å². The molecule has 2 N–H and O–H groups in total. The Morgan fingerprint density at radius 2 is 0.889 bits per heavy atom. The number of hydrogen-bond donors (Lipinski definition) is 2. The van der Waals surface area contributed by atoms with Crippen molar-refractivity contribution >= 4 is 55.7 Å². The maximum atomic E-state index is 10.2. The van der Waals surface area contributed by atoms with E-state index >= 15 is 0 Å². The molecule has 0 saturated heterocycles. The van der Waals surface area contributed by atoms with Gasteiger partial charge in [-0.15, -0.1) is 0 Å². The van der Waals surface area contributed by atoms with E-state index in [0.29, 0.717) is 11.1 Å². The van der Waals surface area contributed by atoms with E-state index in [0.717, 1.165) is 31.4 Å². The number of nitrogens with zero attached hydrogens (tertiary/aromatic N) is 2. The third-order valence-electron chi connectivity index (χ3n) is 8.24. The Bertz CT molecular complexity index is 1950. The molecule has 218 valence electrons. The SMILES string of the molecule is Oc1ccc(Br)cc1C=Nc1ccc(C2(c3ccc(N=Cc4cc(Br)ccc4O)cc3)c3ccccc3-c3ccccc32)cc1. The van der Waals surface area contributed by atoms with Crippen molar-refractivity contribution in [3.8, 4) is 22.6 Å². The van der Waals surface area contributed by atoms with Gasteiger partial charge in [0.25, 0.3) is 0 Å². The van der Waals surface area contributed by atoms with Crippen molar-refractivity contribution in [2.24, 2.45) is 9.98 Å². The standard InChI is InChI=1S/C39H26Br2N2O2/c40-29-13-19-37(44)25(21-29)23-42-31-15-9-27(10-16-31)39(35-7-3-1-5-33(35)34-6-2-4-8-36(34)39)28-11-17-32(18-12-28)43-24-26-22-30(41)14-20-38(26)45/h1-24,44-45H. The first-order chi connectivity index (χ1) is 21.9. The quantitative estimate of drug-likeness (QED) is 0.169. The van der Waals surface area contributed by atoms with E-state index in [2.05, 4.69) is 115 Å². The van der Waals surface area contributed by atoms with Gasteiger partial charge in [0.2, 0.25) is 0 Å². The van der Waals surface area contributed by atoms with Gasteiger partial charge in [0.15, 0.2) is 0 Å². The van der Waals surface area contributed by atoms with Crippen LogP contribution in [-0.2, 0) is 5.41 Å². The van der Waals surface area contributed by atoms with Crippen molar-refractivity contribution in [3.05, 3.63) is 176 Å². The Labute approximate surface area is 278 Å². The fourth-order valence-electron chi connectivity index (χ4n) is 6.16. The molecule has 0 saturated carbocycles. The van der Waals surface area contributed by atoms with E-state index in [1.807, 2.05) is 36.4 Å². The molecular weight excluding hydrogens is 688 g/mol. The molecule has 45 heavy (non-hydrogen) atoms. The minimum atomic E-state index is -0.553. The highest BCUT2D eigenvalue weighted by molar-refractivity contribution is 9.10. The first-order valence-electron chi connectivity index (χ1n) is 14.4. The van der Waals surface area contributed by atoms with Crippen LogP contribution in [0.15, 0.2) is 152 Å². The van der Waals surface area contributed by atoms with Crippen LogP contribution in [0.2, 0.25) is 0 Å². The van der Waals surface area contributed by atoms with Gasteiger partial charge in [-0.1, -0.05) is 105 Å². The van der Waals surface area contributed by atoms with Crippen LogP contribution in [0.5, 0.6) is 11.5 Å². The maximum absolute atomic E-state index is 10.2. The second-order valence-corrected chi connectivity index (χ2v) is 12.7. The number of fused-ring (bicyclic) bond motifs is 3. The molecule has 6 aromatic carbocycles. The Hall–Kier alpha value is -4.78. The van der Waals surface area contributed by atoms with Gasteiger partial charge >= 0.3 is 0 Å². The second kappa shape index (κ2) is 12.0. The molecule has 0 aliphatic heterocycles. The molecule has 1 aliphatic carbocycles. The van der Waals surface area contributed by atoms with Crippen LogP contribution < -0.4 is 0 Å². The zero-order valence-electron chi connectivity index (χ0n) is 23.9. The number of aliphatic imine (C=N–C) groups is 2. The van der Waals surface area contributed by atoms with Gasteiger partial charge in [-0.25, -0.2) is 0 Å². The minimum Gasteiger partial charge on any atom is -0.507 e. The molecule has 6 heteroatoms. The summed E-state index contributed by atoms with van der Waals surface area (Å²) in [6.45, 7) is 0. The summed E-state index contributed by atoms with van der Waals surface area (Å²) in [5.41, 5.74) is 9.42. The minimum absolute atomic E-state index is 0.179. The average molecular weight is 714 g/mol. The molecule has 1 aliphatic rings. The molecule has 0 aromatic heterocycles. The normalized spacial score (nSPS) is 13.3. The van der Waals surface area contributed by atoms with Gasteiger partial charge in [-0.05, 0) is 94.0 Å². The predicted octanol–water partition coefficient (Wildman–Crippen LogP) is 10.5. The van der Waals surface area contributed by atoms with Crippen molar-refractivity contribution in [3.63, 3.8) is 0 Å². The Balaban J connectivity index is 1.32. The maximum Gasteiger partial charge on any atom is 0.124 e. The van der Waals surface area contributed by atoms with Gasteiger partial charge in [-0.3, -0.25) is 9.98 Å². The molecule has 0 amide bonds. The Kier molecular flexibility index (Phi) is 7.70. The molecular formula is C39H26Br2N2O2. The summed E-state index contributed by atoms with van der Waals surface area (Å²) in [5, 5.41) is 20.5. The van der Waals surface area contributed by atoms with Gasteiger partial charge in [0.1, 0.15) is 11.5 Å². The number of phenols is 2. The smallest absolute Gasteiger partial charge is 0.124 e. The van der Waals surface area contributed by atoms with Crippen molar-refractivity contribution in [2.75, 3.05) is 0 Å². The summed E-state index contributed by atoms with van der Waals surface area (Å²) in [6.07, 6.45) is 3.36. The molecule has 0 radical (unpaired) electrons. The summed E-state index contributed by atoms with van der Waals surface area (Å²) in [4.78, 5) is 9.31. The number of hydrogen-bond acceptors (Lipinski definition) is 4. The fraction of sp³-hybridized carbons (Fsp3) is 0.0256. The largest absolute Gasteiger partial charge is 0.507 e. The van der Waals surface area contributed by atoms with E-state index in [4.69, 9.17) is 0 Å². The zero-order valence-corrected chi connectivity index (χ0v) is 27.1. The lowest BCUT2D eigenvalue weighted by molar-refractivity contribution is 0.474.